The van der Waals surface area contributed by atoms with Gasteiger partial charge in [-0.2, -0.15) is 0 Å². The van der Waals surface area contributed by atoms with Gasteiger partial charge in [0.15, 0.2) is 0 Å². The standard InChI is InChI=1S/C22H23NO6/c1-11-10-28-19-13(3)20-15(8-14(11)19)12(2)16(22(27)29-20)9-18(24)23-7-5-4-6-17(23)21(25)26/h8,10,17H,4-7,9H2,1-3H3,(H,25,26)/p-1/t17-/m1/s1. The van der Waals surface area contributed by atoms with E-state index in [0.717, 1.165) is 34.7 Å². The number of piperidine rings is 1. The van der Waals surface area contributed by atoms with Crippen molar-refractivity contribution in [1.29, 1.82) is 0 Å². The molecule has 1 atom stereocenters. The van der Waals surface area contributed by atoms with Crippen LogP contribution < -0.4 is 10.7 Å². The van der Waals surface area contributed by atoms with Crippen LogP contribution in [-0.2, 0) is 16.0 Å². The second kappa shape index (κ2) is 7.06. The van der Waals surface area contributed by atoms with Gasteiger partial charge in [0.25, 0.3) is 0 Å². The number of benzene rings is 1. The third-order valence-corrected chi connectivity index (χ3v) is 5.96. The number of fused-ring (bicyclic) bond motifs is 2. The normalized spacial score (nSPS) is 17.2. The molecule has 0 aliphatic carbocycles. The van der Waals surface area contributed by atoms with Crippen LogP contribution in [0.15, 0.2) is 26.0 Å². The predicted molar refractivity (Wildman–Crippen MR) is 105 cm³/mol. The summed E-state index contributed by atoms with van der Waals surface area (Å²) in [6.45, 7) is 5.91. The molecular formula is C22H22NO6-. The summed E-state index contributed by atoms with van der Waals surface area (Å²) in [5, 5.41) is 13.1. The molecule has 0 spiro atoms. The van der Waals surface area contributed by atoms with Crippen molar-refractivity contribution in [3.63, 3.8) is 0 Å². The van der Waals surface area contributed by atoms with Gasteiger partial charge in [-0.3, -0.25) is 4.79 Å². The minimum Gasteiger partial charge on any atom is -0.548 e. The number of carboxylic acids is 1. The van der Waals surface area contributed by atoms with E-state index in [1.165, 1.54) is 4.90 Å². The molecule has 0 radical (unpaired) electrons. The lowest BCUT2D eigenvalue weighted by molar-refractivity contribution is -0.312. The summed E-state index contributed by atoms with van der Waals surface area (Å²) in [4.78, 5) is 38.3. The molecule has 29 heavy (non-hydrogen) atoms. The Morgan fingerprint density at radius 3 is 2.62 bits per heavy atom. The lowest BCUT2D eigenvalue weighted by atomic mass is 9.97. The Balaban J connectivity index is 1.79. The molecule has 2 aromatic heterocycles. The van der Waals surface area contributed by atoms with Crippen molar-refractivity contribution in [3.05, 3.63) is 45.0 Å². The van der Waals surface area contributed by atoms with Crippen molar-refractivity contribution in [2.24, 2.45) is 0 Å². The monoisotopic (exact) mass is 396 g/mol. The fourth-order valence-electron chi connectivity index (χ4n) is 4.25. The van der Waals surface area contributed by atoms with Gasteiger partial charge in [0.2, 0.25) is 5.91 Å². The maximum atomic E-state index is 12.9. The van der Waals surface area contributed by atoms with Gasteiger partial charge < -0.3 is 23.6 Å². The molecule has 0 N–H and O–H groups in total. The lowest BCUT2D eigenvalue weighted by Gasteiger charge is -2.36. The SMILES string of the molecule is Cc1coc2c(C)c3oc(=O)c(CC(=O)N4CCCC[C@@H]4C(=O)[O-])c(C)c3cc12. The van der Waals surface area contributed by atoms with Gasteiger partial charge in [0.1, 0.15) is 11.2 Å². The maximum absolute atomic E-state index is 12.9. The van der Waals surface area contributed by atoms with Crippen molar-refractivity contribution in [2.45, 2.75) is 52.5 Å². The molecule has 0 unspecified atom stereocenters. The Morgan fingerprint density at radius 2 is 1.90 bits per heavy atom. The number of carbonyl (C=O) groups is 2. The fraction of sp³-hybridized carbons (Fsp3) is 0.409. The topological polar surface area (TPSA) is 104 Å². The quantitative estimate of drug-likeness (QED) is 0.628. The van der Waals surface area contributed by atoms with E-state index >= 15 is 0 Å². The molecule has 1 aliphatic heterocycles. The second-order valence-electron chi connectivity index (χ2n) is 7.76. The first-order valence-electron chi connectivity index (χ1n) is 9.73. The van der Waals surface area contributed by atoms with Crippen LogP contribution in [0.3, 0.4) is 0 Å². The number of amides is 1. The first-order valence-corrected chi connectivity index (χ1v) is 9.73. The Bertz CT molecular complexity index is 1200. The van der Waals surface area contributed by atoms with E-state index in [2.05, 4.69) is 0 Å². The Kier molecular flexibility index (Phi) is 4.68. The summed E-state index contributed by atoms with van der Waals surface area (Å²) in [7, 11) is 0. The first-order chi connectivity index (χ1) is 13.8. The summed E-state index contributed by atoms with van der Waals surface area (Å²) < 4.78 is 11.2. The van der Waals surface area contributed by atoms with Gasteiger partial charge in [-0.1, -0.05) is 0 Å². The zero-order chi connectivity index (χ0) is 20.9. The molecule has 3 aromatic rings. The third-order valence-electron chi connectivity index (χ3n) is 5.96. The number of rotatable bonds is 3. The zero-order valence-electron chi connectivity index (χ0n) is 16.7. The van der Waals surface area contributed by atoms with Crippen molar-refractivity contribution in [2.75, 3.05) is 6.54 Å². The third kappa shape index (κ3) is 3.10. The fourth-order valence-corrected chi connectivity index (χ4v) is 4.25. The van der Waals surface area contributed by atoms with E-state index in [-0.39, 0.29) is 12.0 Å². The van der Waals surface area contributed by atoms with Crippen molar-refractivity contribution >= 4 is 33.8 Å². The number of furan rings is 1. The first kappa shape index (κ1) is 19.2. The molecule has 0 bridgehead atoms. The zero-order valence-corrected chi connectivity index (χ0v) is 16.7. The van der Waals surface area contributed by atoms with Crippen molar-refractivity contribution < 1.29 is 23.5 Å². The maximum Gasteiger partial charge on any atom is 0.340 e. The molecule has 1 saturated heterocycles. The lowest BCUT2D eigenvalue weighted by Crippen LogP contribution is -2.53. The molecule has 1 aromatic carbocycles. The van der Waals surface area contributed by atoms with Gasteiger partial charge in [0, 0.05) is 22.9 Å². The number of hydrogen-bond donors (Lipinski definition) is 0. The summed E-state index contributed by atoms with van der Waals surface area (Å²) in [6.07, 6.45) is 3.30. The van der Waals surface area contributed by atoms with E-state index < -0.39 is 23.5 Å². The second-order valence-corrected chi connectivity index (χ2v) is 7.76. The number of aryl methyl sites for hydroxylation is 3. The highest BCUT2D eigenvalue weighted by Gasteiger charge is 2.29. The van der Waals surface area contributed by atoms with E-state index in [0.29, 0.717) is 29.7 Å². The number of carboxylic acid groups (broad SMARTS) is 1. The Labute approximate surface area is 166 Å². The number of carbonyl (C=O) groups excluding carboxylic acids is 2. The molecule has 7 nitrogen and oxygen atoms in total. The van der Waals surface area contributed by atoms with Gasteiger partial charge in [-0.05, 0) is 57.2 Å². The highest BCUT2D eigenvalue weighted by Crippen LogP contribution is 2.32. The van der Waals surface area contributed by atoms with E-state index in [1.807, 2.05) is 19.9 Å². The molecule has 0 saturated carbocycles. The molecule has 7 heteroatoms. The van der Waals surface area contributed by atoms with Crippen LogP contribution in [-0.4, -0.2) is 29.4 Å². The molecule has 3 heterocycles. The van der Waals surface area contributed by atoms with Crippen LogP contribution in [0.25, 0.3) is 21.9 Å². The van der Waals surface area contributed by atoms with Crippen LogP contribution in [0.1, 0.15) is 41.5 Å². The molecule has 1 fully saturated rings. The van der Waals surface area contributed by atoms with Crippen molar-refractivity contribution in [3.8, 4) is 0 Å². The van der Waals surface area contributed by atoms with Crippen LogP contribution in [0, 0.1) is 20.8 Å². The number of likely N-dealkylation sites (tertiary alicyclic amines) is 1. The largest absolute Gasteiger partial charge is 0.548 e. The van der Waals surface area contributed by atoms with E-state index in [9.17, 15) is 19.5 Å². The minimum absolute atomic E-state index is 0.199. The highest BCUT2D eigenvalue weighted by molar-refractivity contribution is 6.00. The molecule has 4 rings (SSSR count). The summed E-state index contributed by atoms with van der Waals surface area (Å²) >= 11 is 0. The summed E-state index contributed by atoms with van der Waals surface area (Å²) in [6, 6.07) is 0.965. The minimum atomic E-state index is -1.26. The molecular weight excluding hydrogens is 374 g/mol. The molecule has 152 valence electrons. The number of aliphatic carboxylic acids is 1. The van der Waals surface area contributed by atoms with E-state index in [1.54, 1.807) is 13.2 Å². The average Bonchev–Trinajstić information content (AvgIpc) is 3.07. The average molecular weight is 396 g/mol. The highest BCUT2D eigenvalue weighted by atomic mass is 16.4. The summed E-state index contributed by atoms with van der Waals surface area (Å²) in [5.41, 5.74) is 3.15. The van der Waals surface area contributed by atoms with Crippen LogP contribution >= 0.6 is 0 Å². The molecule has 1 aliphatic rings. The van der Waals surface area contributed by atoms with Crippen molar-refractivity contribution in [1.82, 2.24) is 4.90 Å². The van der Waals surface area contributed by atoms with Crippen LogP contribution in [0.5, 0.6) is 0 Å². The van der Waals surface area contributed by atoms with Gasteiger partial charge in [-0.25, -0.2) is 4.79 Å². The Hall–Kier alpha value is -3.09. The van der Waals surface area contributed by atoms with Gasteiger partial charge >= 0.3 is 5.63 Å². The predicted octanol–water partition coefficient (Wildman–Crippen LogP) is 2.14. The molecule has 1 amide bonds. The summed E-state index contributed by atoms with van der Waals surface area (Å²) in [5.74, 6) is -1.65. The number of hydrogen-bond acceptors (Lipinski definition) is 6. The smallest absolute Gasteiger partial charge is 0.340 e. The Morgan fingerprint density at radius 1 is 1.14 bits per heavy atom. The van der Waals surface area contributed by atoms with E-state index in [4.69, 9.17) is 8.83 Å². The van der Waals surface area contributed by atoms with Gasteiger partial charge in [-0.15, -0.1) is 0 Å². The van der Waals surface area contributed by atoms with Crippen LogP contribution in [0.2, 0.25) is 0 Å². The number of nitrogens with zero attached hydrogens (tertiary/aromatic N) is 1. The van der Waals surface area contributed by atoms with Crippen LogP contribution in [0.4, 0.5) is 0 Å². The van der Waals surface area contributed by atoms with Gasteiger partial charge in [0.05, 0.1) is 30.3 Å².